The van der Waals surface area contributed by atoms with Crippen LogP contribution in [0.2, 0.25) is 10.0 Å². The van der Waals surface area contributed by atoms with Crippen molar-refractivity contribution < 1.29 is 9.13 Å². The zero-order valence-corrected chi connectivity index (χ0v) is 14.3. The first-order valence-electron chi connectivity index (χ1n) is 6.14. The van der Waals surface area contributed by atoms with Crippen molar-refractivity contribution in [1.29, 1.82) is 0 Å². The molecule has 0 amide bonds. The third-order valence-corrected chi connectivity index (χ3v) is 4.46. The van der Waals surface area contributed by atoms with Crippen LogP contribution in [0.3, 0.4) is 0 Å². The zero-order chi connectivity index (χ0) is 15.6. The Kier molecular flexibility index (Phi) is 5.49. The summed E-state index contributed by atoms with van der Waals surface area (Å²) < 4.78 is 19.1. The molecule has 0 saturated heterocycles. The first-order valence-corrected chi connectivity index (χ1v) is 7.69. The van der Waals surface area contributed by atoms with E-state index in [0.29, 0.717) is 26.7 Å². The zero-order valence-electron chi connectivity index (χ0n) is 11.2. The highest BCUT2D eigenvalue weighted by Gasteiger charge is 2.16. The Labute approximate surface area is 141 Å². The summed E-state index contributed by atoms with van der Waals surface area (Å²) in [6.45, 7) is 0. The topological polar surface area (TPSA) is 35.2 Å². The van der Waals surface area contributed by atoms with Crippen LogP contribution in [0.4, 0.5) is 4.39 Å². The van der Waals surface area contributed by atoms with Crippen molar-refractivity contribution >= 4 is 39.1 Å². The predicted octanol–water partition coefficient (Wildman–Crippen LogP) is 5.15. The Hall–Kier alpha value is -0.810. The Bertz CT molecular complexity index is 666. The molecule has 0 aromatic heterocycles. The quantitative estimate of drug-likeness (QED) is 0.781. The maximum absolute atomic E-state index is 13.5. The lowest BCUT2D eigenvalue weighted by Crippen LogP contribution is -2.15. The largest absolute Gasteiger partial charge is 0.496 e. The summed E-state index contributed by atoms with van der Waals surface area (Å²) in [5.74, 6) is 0.0283. The van der Waals surface area contributed by atoms with Crippen molar-refractivity contribution in [2.24, 2.45) is 5.73 Å². The predicted molar refractivity (Wildman–Crippen MR) is 87.7 cm³/mol. The average Bonchev–Trinajstić information content (AvgIpc) is 2.45. The van der Waals surface area contributed by atoms with Gasteiger partial charge in [0.25, 0.3) is 0 Å². The third-order valence-electron chi connectivity index (χ3n) is 3.11. The maximum Gasteiger partial charge on any atom is 0.141 e. The van der Waals surface area contributed by atoms with E-state index in [4.69, 9.17) is 33.7 Å². The van der Waals surface area contributed by atoms with Gasteiger partial charge in [-0.15, -0.1) is 0 Å². The molecule has 21 heavy (non-hydrogen) atoms. The highest BCUT2D eigenvalue weighted by atomic mass is 79.9. The van der Waals surface area contributed by atoms with Crippen molar-refractivity contribution in [3.05, 3.63) is 61.8 Å². The fourth-order valence-electron chi connectivity index (χ4n) is 2.04. The minimum atomic E-state index is -0.391. The Morgan fingerprint density at radius 3 is 2.57 bits per heavy atom. The van der Waals surface area contributed by atoms with Crippen LogP contribution in [0, 0.1) is 5.82 Å². The summed E-state index contributed by atoms with van der Waals surface area (Å²) >= 11 is 15.0. The lowest BCUT2D eigenvalue weighted by atomic mass is 9.99. The molecule has 6 heteroatoms. The molecule has 0 fully saturated rings. The van der Waals surface area contributed by atoms with E-state index < -0.39 is 5.82 Å². The molecule has 0 aliphatic heterocycles. The summed E-state index contributed by atoms with van der Waals surface area (Å²) in [5.41, 5.74) is 7.87. The van der Waals surface area contributed by atoms with Gasteiger partial charge in [-0.05, 0) is 46.1 Å². The van der Waals surface area contributed by atoms with E-state index in [1.165, 1.54) is 13.2 Å². The van der Waals surface area contributed by atoms with Crippen molar-refractivity contribution in [2.45, 2.75) is 12.5 Å². The SMILES string of the molecule is COc1cc(F)c(Br)cc1C(N)Cc1ccc(Cl)c(Cl)c1. The minimum absolute atomic E-state index is 0.350. The second-order valence-corrected chi connectivity index (χ2v) is 6.24. The number of methoxy groups -OCH3 is 1. The van der Waals surface area contributed by atoms with Crippen LogP contribution in [-0.2, 0) is 6.42 Å². The van der Waals surface area contributed by atoms with E-state index in [0.717, 1.165) is 11.1 Å². The first kappa shape index (κ1) is 16.6. The number of halogens is 4. The minimum Gasteiger partial charge on any atom is -0.496 e. The van der Waals surface area contributed by atoms with Gasteiger partial charge in [0.05, 0.1) is 21.6 Å². The van der Waals surface area contributed by atoms with Gasteiger partial charge in [0, 0.05) is 17.7 Å². The molecule has 0 spiro atoms. The second-order valence-electron chi connectivity index (χ2n) is 4.57. The smallest absolute Gasteiger partial charge is 0.141 e. The van der Waals surface area contributed by atoms with Gasteiger partial charge in [-0.2, -0.15) is 0 Å². The molecule has 0 heterocycles. The van der Waals surface area contributed by atoms with Gasteiger partial charge in [0.15, 0.2) is 0 Å². The molecule has 0 saturated carbocycles. The van der Waals surface area contributed by atoms with Gasteiger partial charge in [0.1, 0.15) is 11.6 Å². The van der Waals surface area contributed by atoms with Crippen LogP contribution < -0.4 is 10.5 Å². The number of benzene rings is 2. The molecule has 0 radical (unpaired) electrons. The van der Waals surface area contributed by atoms with E-state index in [1.807, 2.05) is 6.07 Å². The highest BCUT2D eigenvalue weighted by molar-refractivity contribution is 9.10. The molecule has 0 aliphatic rings. The van der Waals surface area contributed by atoms with Gasteiger partial charge in [-0.1, -0.05) is 29.3 Å². The summed E-state index contributed by atoms with van der Waals surface area (Å²) in [4.78, 5) is 0. The van der Waals surface area contributed by atoms with E-state index >= 15 is 0 Å². The van der Waals surface area contributed by atoms with Crippen molar-refractivity contribution in [1.82, 2.24) is 0 Å². The van der Waals surface area contributed by atoms with Crippen molar-refractivity contribution in [3.63, 3.8) is 0 Å². The van der Waals surface area contributed by atoms with Gasteiger partial charge < -0.3 is 10.5 Å². The van der Waals surface area contributed by atoms with E-state index in [-0.39, 0.29) is 6.04 Å². The number of ether oxygens (including phenoxy) is 1. The molecule has 2 nitrogen and oxygen atoms in total. The van der Waals surface area contributed by atoms with Gasteiger partial charge in [-0.25, -0.2) is 4.39 Å². The number of nitrogens with two attached hydrogens (primary N) is 1. The molecule has 1 atom stereocenters. The molecule has 112 valence electrons. The van der Waals surface area contributed by atoms with E-state index in [1.54, 1.807) is 18.2 Å². The monoisotopic (exact) mass is 391 g/mol. The van der Waals surface area contributed by atoms with Crippen LogP contribution in [0.5, 0.6) is 5.75 Å². The van der Waals surface area contributed by atoms with Gasteiger partial charge in [0.2, 0.25) is 0 Å². The fraction of sp³-hybridized carbons (Fsp3) is 0.200. The summed E-state index contributed by atoms with van der Waals surface area (Å²) in [6.07, 6.45) is 0.533. The molecule has 0 aliphatic carbocycles. The normalized spacial score (nSPS) is 12.3. The Balaban J connectivity index is 2.29. The Morgan fingerprint density at radius 2 is 1.95 bits per heavy atom. The van der Waals surface area contributed by atoms with Crippen LogP contribution in [0.25, 0.3) is 0 Å². The second kappa shape index (κ2) is 6.97. The highest BCUT2D eigenvalue weighted by Crippen LogP contribution is 2.32. The summed E-state index contributed by atoms with van der Waals surface area (Å²) in [7, 11) is 1.48. The lowest BCUT2D eigenvalue weighted by Gasteiger charge is -2.17. The number of hydrogen-bond donors (Lipinski definition) is 1. The first-order chi connectivity index (χ1) is 9.92. The molecular formula is C15H13BrCl2FNO. The molecule has 2 rings (SSSR count). The summed E-state index contributed by atoms with van der Waals surface area (Å²) in [5, 5.41) is 0.977. The molecule has 2 aromatic carbocycles. The number of rotatable bonds is 4. The van der Waals surface area contributed by atoms with Crippen LogP contribution in [0.15, 0.2) is 34.8 Å². The average molecular weight is 393 g/mol. The van der Waals surface area contributed by atoms with E-state index in [9.17, 15) is 4.39 Å². The van der Waals surface area contributed by atoms with Crippen LogP contribution in [-0.4, -0.2) is 7.11 Å². The fourth-order valence-corrected chi connectivity index (χ4v) is 2.72. The third kappa shape index (κ3) is 3.89. The van der Waals surface area contributed by atoms with E-state index in [2.05, 4.69) is 15.9 Å². The molecule has 0 bridgehead atoms. The lowest BCUT2D eigenvalue weighted by molar-refractivity contribution is 0.401. The summed E-state index contributed by atoms with van der Waals surface area (Å²) in [6, 6.07) is 7.95. The van der Waals surface area contributed by atoms with Gasteiger partial charge >= 0.3 is 0 Å². The molecule has 1 unspecified atom stereocenters. The maximum atomic E-state index is 13.5. The molecular weight excluding hydrogens is 380 g/mol. The molecule has 2 aromatic rings. The Morgan fingerprint density at radius 1 is 1.24 bits per heavy atom. The van der Waals surface area contributed by atoms with Crippen molar-refractivity contribution in [2.75, 3.05) is 7.11 Å². The standard InChI is InChI=1S/C15H13BrCl2FNO/c1-21-15-7-13(19)10(16)6-9(15)14(20)5-8-2-3-11(17)12(18)4-8/h2-4,6-7,14H,5,20H2,1H3. The molecule has 2 N–H and O–H groups in total. The number of hydrogen-bond acceptors (Lipinski definition) is 2. The van der Waals surface area contributed by atoms with Crippen LogP contribution in [0.1, 0.15) is 17.2 Å². The van der Waals surface area contributed by atoms with Crippen molar-refractivity contribution in [3.8, 4) is 5.75 Å². The van der Waals surface area contributed by atoms with Crippen LogP contribution >= 0.6 is 39.1 Å². The van der Waals surface area contributed by atoms with Gasteiger partial charge in [-0.3, -0.25) is 0 Å².